The zero-order chi connectivity index (χ0) is 18.4. The molecule has 0 atom stereocenters. The van der Waals surface area contributed by atoms with Gasteiger partial charge in [-0.1, -0.05) is 0 Å². The zero-order valence-corrected chi connectivity index (χ0v) is 16.0. The lowest BCUT2D eigenvalue weighted by Gasteiger charge is -2.56. The Morgan fingerprint density at radius 1 is 1.19 bits per heavy atom. The summed E-state index contributed by atoms with van der Waals surface area (Å²) in [7, 11) is 1.93. The smallest absolute Gasteiger partial charge is 0.220 e. The van der Waals surface area contributed by atoms with Crippen molar-refractivity contribution in [3.63, 3.8) is 0 Å². The molecule has 5 heteroatoms. The van der Waals surface area contributed by atoms with Crippen molar-refractivity contribution in [2.45, 2.75) is 51.5 Å². The highest BCUT2D eigenvalue weighted by Gasteiger charge is 2.51. The lowest BCUT2D eigenvalue weighted by atomic mass is 9.49. The van der Waals surface area contributed by atoms with E-state index < -0.39 is 0 Å². The Balaban J connectivity index is 1.22. The maximum Gasteiger partial charge on any atom is 0.220 e. The Morgan fingerprint density at radius 3 is 2.52 bits per heavy atom. The second kappa shape index (κ2) is 6.47. The fourth-order valence-corrected chi connectivity index (χ4v) is 6.49. The predicted molar refractivity (Wildman–Crippen MR) is 104 cm³/mol. The molecule has 1 N–H and O–H groups in total. The molecule has 2 aromatic heterocycles. The summed E-state index contributed by atoms with van der Waals surface area (Å²) in [6.45, 7) is 0.546. The van der Waals surface area contributed by atoms with Crippen LogP contribution >= 0.6 is 0 Å². The highest BCUT2D eigenvalue weighted by atomic mass is 16.1. The topological polar surface area (TPSA) is 59.8 Å². The van der Waals surface area contributed by atoms with E-state index in [1.807, 2.05) is 30.2 Å². The fourth-order valence-electron chi connectivity index (χ4n) is 6.49. The van der Waals surface area contributed by atoms with Gasteiger partial charge in [-0.2, -0.15) is 5.10 Å². The summed E-state index contributed by atoms with van der Waals surface area (Å²) >= 11 is 0. The summed E-state index contributed by atoms with van der Waals surface area (Å²) in [6.07, 6.45) is 14.3. The third-order valence-electron chi connectivity index (χ3n) is 7.10. The van der Waals surface area contributed by atoms with Gasteiger partial charge in [-0.05, 0) is 79.4 Å². The lowest BCUT2D eigenvalue weighted by molar-refractivity contribution is -0.129. The van der Waals surface area contributed by atoms with Crippen molar-refractivity contribution in [3.8, 4) is 11.3 Å². The van der Waals surface area contributed by atoms with Gasteiger partial charge in [-0.15, -0.1) is 0 Å². The van der Waals surface area contributed by atoms with Crippen LogP contribution in [0.2, 0.25) is 0 Å². The van der Waals surface area contributed by atoms with E-state index in [2.05, 4.69) is 21.5 Å². The van der Waals surface area contributed by atoms with Gasteiger partial charge in [0.05, 0.1) is 5.69 Å². The molecule has 0 spiro atoms. The van der Waals surface area contributed by atoms with Gasteiger partial charge < -0.3 is 5.32 Å². The number of carbonyl (C=O) groups excluding carboxylic acids is 1. The van der Waals surface area contributed by atoms with E-state index >= 15 is 0 Å². The number of nitrogens with one attached hydrogen (secondary N) is 1. The number of amides is 1. The summed E-state index contributed by atoms with van der Waals surface area (Å²) in [6, 6.07) is 4.07. The van der Waals surface area contributed by atoms with Gasteiger partial charge in [0.15, 0.2) is 0 Å². The van der Waals surface area contributed by atoms with E-state index in [1.54, 1.807) is 6.20 Å². The minimum atomic E-state index is 0.211. The molecule has 4 bridgehead atoms. The molecular weight excluding hydrogens is 336 g/mol. The molecule has 4 aliphatic rings. The summed E-state index contributed by atoms with van der Waals surface area (Å²) in [5.41, 5.74) is 3.40. The molecule has 142 valence electrons. The van der Waals surface area contributed by atoms with Gasteiger partial charge in [0.2, 0.25) is 5.91 Å². The number of carbonyl (C=O) groups is 1. The molecule has 0 saturated heterocycles. The van der Waals surface area contributed by atoms with Crippen LogP contribution in [0, 0.1) is 23.2 Å². The Labute approximate surface area is 160 Å². The van der Waals surface area contributed by atoms with Gasteiger partial charge in [-0.3, -0.25) is 14.5 Å². The quantitative estimate of drug-likeness (QED) is 0.880. The molecule has 2 aromatic rings. The normalized spacial score (nSPS) is 31.2. The second-order valence-electron chi connectivity index (χ2n) is 9.29. The van der Waals surface area contributed by atoms with Gasteiger partial charge >= 0.3 is 0 Å². The van der Waals surface area contributed by atoms with E-state index in [0.717, 1.165) is 34.6 Å². The molecule has 0 radical (unpaired) electrons. The van der Waals surface area contributed by atoms with Crippen LogP contribution in [-0.2, 0) is 18.4 Å². The first kappa shape index (κ1) is 17.0. The lowest BCUT2D eigenvalue weighted by Crippen LogP contribution is -2.47. The molecule has 0 aliphatic heterocycles. The highest BCUT2D eigenvalue weighted by Crippen LogP contribution is 2.61. The van der Waals surface area contributed by atoms with Crippen LogP contribution in [0.4, 0.5) is 0 Å². The molecule has 5 nitrogen and oxygen atoms in total. The van der Waals surface area contributed by atoms with E-state index in [-0.39, 0.29) is 5.91 Å². The third-order valence-corrected chi connectivity index (χ3v) is 7.10. The molecule has 0 aromatic carbocycles. The van der Waals surface area contributed by atoms with Crippen LogP contribution in [0.1, 0.15) is 50.5 Å². The number of hydrogen-bond donors (Lipinski definition) is 1. The van der Waals surface area contributed by atoms with Gasteiger partial charge in [-0.25, -0.2) is 0 Å². The van der Waals surface area contributed by atoms with Crippen LogP contribution in [0.5, 0.6) is 0 Å². The maximum atomic E-state index is 12.7. The molecule has 1 amide bonds. The first-order valence-corrected chi connectivity index (χ1v) is 10.3. The monoisotopic (exact) mass is 364 g/mol. The Hall–Kier alpha value is -2.17. The van der Waals surface area contributed by atoms with Crippen molar-refractivity contribution >= 4 is 5.91 Å². The van der Waals surface area contributed by atoms with E-state index in [4.69, 9.17) is 0 Å². The molecule has 6 rings (SSSR count). The van der Waals surface area contributed by atoms with Crippen molar-refractivity contribution in [2.24, 2.45) is 30.2 Å². The summed E-state index contributed by atoms with van der Waals surface area (Å²) in [4.78, 5) is 17.1. The van der Waals surface area contributed by atoms with Crippen molar-refractivity contribution < 1.29 is 4.79 Å². The minimum Gasteiger partial charge on any atom is -0.352 e. The average Bonchev–Trinajstić information content (AvgIpc) is 3.05. The molecular formula is C22H28N4O. The van der Waals surface area contributed by atoms with Crippen LogP contribution in [0.25, 0.3) is 11.3 Å². The summed E-state index contributed by atoms with van der Waals surface area (Å²) < 4.78 is 1.84. The number of nitrogens with zero attached hydrogens (tertiary/aromatic N) is 3. The number of rotatable bonds is 5. The third kappa shape index (κ3) is 3.28. The molecule has 0 unspecified atom stereocenters. The Bertz CT molecular complexity index is 820. The van der Waals surface area contributed by atoms with Crippen molar-refractivity contribution in [1.29, 1.82) is 0 Å². The SMILES string of the molecule is Cn1nccc1-c1cncc(CNC(=O)CC23CC4CC(CC(C4)C2)C3)c1. The summed E-state index contributed by atoms with van der Waals surface area (Å²) in [5, 5.41) is 7.38. The summed E-state index contributed by atoms with van der Waals surface area (Å²) in [5.74, 6) is 2.89. The molecule has 2 heterocycles. The average molecular weight is 364 g/mol. The molecule has 4 aliphatic carbocycles. The van der Waals surface area contributed by atoms with Crippen molar-refractivity contribution in [1.82, 2.24) is 20.1 Å². The first-order valence-electron chi connectivity index (χ1n) is 10.3. The largest absolute Gasteiger partial charge is 0.352 e. The molecule has 27 heavy (non-hydrogen) atoms. The van der Waals surface area contributed by atoms with E-state index in [9.17, 15) is 4.79 Å². The van der Waals surface area contributed by atoms with Gasteiger partial charge in [0.25, 0.3) is 0 Å². The predicted octanol–water partition coefficient (Wildman–Crippen LogP) is 3.70. The maximum absolute atomic E-state index is 12.7. The van der Waals surface area contributed by atoms with Gasteiger partial charge in [0.1, 0.15) is 0 Å². The van der Waals surface area contributed by atoms with Crippen LogP contribution in [0.3, 0.4) is 0 Å². The van der Waals surface area contributed by atoms with E-state index in [1.165, 1.54) is 38.5 Å². The Kier molecular flexibility index (Phi) is 4.06. The standard InChI is InChI=1S/C22H28N4O/c1-26-20(2-3-25-26)19-7-18(12-23-14-19)13-24-21(27)11-22-8-15-4-16(9-22)6-17(5-15)10-22/h2-3,7,12,14-17H,4-6,8-11,13H2,1H3,(H,24,27). The minimum absolute atomic E-state index is 0.211. The number of aryl methyl sites for hydroxylation is 1. The van der Waals surface area contributed by atoms with Crippen LogP contribution < -0.4 is 5.32 Å². The number of pyridine rings is 1. The Morgan fingerprint density at radius 2 is 1.89 bits per heavy atom. The number of aromatic nitrogens is 3. The van der Waals surface area contributed by atoms with Crippen LogP contribution in [0.15, 0.2) is 30.7 Å². The number of hydrogen-bond acceptors (Lipinski definition) is 3. The zero-order valence-electron chi connectivity index (χ0n) is 16.0. The van der Waals surface area contributed by atoms with Crippen molar-refractivity contribution in [3.05, 3.63) is 36.3 Å². The van der Waals surface area contributed by atoms with Crippen molar-refractivity contribution in [2.75, 3.05) is 0 Å². The molecule has 4 fully saturated rings. The highest BCUT2D eigenvalue weighted by molar-refractivity contribution is 5.76. The van der Waals surface area contributed by atoms with Crippen LogP contribution in [-0.4, -0.2) is 20.7 Å². The first-order chi connectivity index (χ1) is 13.1. The molecule has 4 saturated carbocycles. The van der Waals surface area contributed by atoms with Gasteiger partial charge in [0, 0.05) is 44.2 Å². The van der Waals surface area contributed by atoms with E-state index in [0.29, 0.717) is 18.4 Å². The fraction of sp³-hybridized carbons (Fsp3) is 0.591. The second-order valence-corrected chi connectivity index (χ2v) is 9.29.